The van der Waals surface area contributed by atoms with Crippen molar-refractivity contribution in [3.05, 3.63) is 47.2 Å². The number of carbonyl (C=O) groups excluding carboxylic acids is 1. The molecule has 1 aromatic heterocycles. The Hall–Kier alpha value is -2.34. The van der Waals surface area contributed by atoms with E-state index in [0.29, 0.717) is 25.4 Å². The molecule has 0 fully saturated rings. The molecule has 1 unspecified atom stereocenters. The van der Waals surface area contributed by atoms with E-state index in [0.717, 1.165) is 16.9 Å². The third kappa shape index (κ3) is 3.14. The molecular weight excluding hydrogens is 308 g/mol. The van der Waals surface area contributed by atoms with Gasteiger partial charge in [-0.1, -0.05) is 19.9 Å². The zero-order chi connectivity index (χ0) is 17.3. The highest BCUT2D eigenvalue weighted by Gasteiger charge is 2.25. The first-order valence-corrected chi connectivity index (χ1v) is 8.10. The summed E-state index contributed by atoms with van der Waals surface area (Å²) in [5.41, 5.74) is 2.29. The van der Waals surface area contributed by atoms with E-state index in [1.54, 1.807) is 11.8 Å². The van der Waals surface area contributed by atoms with Gasteiger partial charge in [0.2, 0.25) is 5.76 Å². The van der Waals surface area contributed by atoms with Gasteiger partial charge in [0.15, 0.2) is 6.39 Å². The standard InChI is InChI=1S/C18H22N2O4/c1-11(2)16(21)13-4-5-15-14(8-13)9-20(6-7-23-15)18(22)17-12(3)19-10-24-17/h4-5,8,10-11,16,21H,6-7,9H2,1-3H3. The van der Waals surface area contributed by atoms with E-state index in [-0.39, 0.29) is 17.6 Å². The highest BCUT2D eigenvalue weighted by Crippen LogP contribution is 2.30. The van der Waals surface area contributed by atoms with Gasteiger partial charge in [0.25, 0.3) is 5.91 Å². The predicted octanol–water partition coefficient (Wildman–Crippen LogP) is 2.71. The van der Waals surface area contributed by atoms with Gasteiger partial charge in [-0.05, 0) is 30.5 Å². The van der Waals surface area contributed by atoms with Crippen LogP contribution in [0.4, 0.5) is 0 Å². The summed E-state index contributed by atoms with van der Waals surface area (Å²) in [6.07, 6.45) is 0.737. The van der Waals surface area contributed by atoms with Gasteiger partial charge in [-0.2, -0.15) is 0 Å². The van der Waals surface area contributed by atoms with E-state index in [1.165, 1.54) is 6.39 Å². The number of hydrogen-bond donors (Lipinski definition) is 1. The average Bonchev–Trinajstić information content (AvgIpc) is 2.87. The van der Waals surface area contributed by atoms with Gasteiger partial charge >= 0.3 is 0 Å². The number of amides is 1. The zero-order valence-corrected chi connectivity index (χ0v) is 14.2. The van der Waals surface area contributed by atoms with Crippen LogP contribution in [0.2, 0.25) is 0 Å². The van der Waals surface area contributed by atoms with Crippen LogP contribution in [0.25, 0.3) is 0 Å². The zero-order valence-electron chi connectivity index (χ0n) is 14.2. The predicted molar refractivity (Wildman–Crippen MR) is 87.7 cm³/mol. The number of oxazole rings is 1. The van der Waals surface area contributed by atoms with Crippen LogP contribution in [-0.4, -0.2) is 34.0 Å². The molecule has 1 aliphatic heterocycles. The molecular formula is C18H22N2O4. The maximum atomic E-state index is 12.7. The minimum atomic E-state index is -0.542. The summed E-state index contributed by atoms with van der Waals surface area (Å²) in [4.78, 5) is 18.3. The third-order valence-corrected chi connectivity index (χ3v) is 4.26. The van der Waals surface area contributed by atoms with E-state index in [2.05, 4.69) is 4.98 Å². The van der Waals surface area contributed by atoms with E-state index >= 15 is 0 Å². The maximum absolute atomic E-state index is 12.7. The fourth-order valence-corrected chi connectivity index (χ4v) is 2.81. The molecule has 2 aromatic rings. The lowest BCUT2D eigenvalue weighted by molar-refractivity contribution is 0.0700. The quantitative estimate of drug-likeness (QED) is 0.936. The first-order valence-electron chi connectivity index (χ1n) is 8.10. The summed E-state index contributed by atoms with van der Waals surface area (Å²) in [6, 6.07) is 5.66. The molecule has 1 aliphatic rings. The molecule has 1 atom stereocenters. The molecule has 0 aliphatic carbocycles. The Morgan fingerprint density at radius 3 is 2.83 bits per heavy atom. The number of aromatic nitrogens is 1. The Morgan fingerprint density at radius 1 is 1.38 bits per heavy atom. The summed E-state index contributed by atoms with van der Waals surface area (Å²) < 4.78 is 11.0. The number of carbonyl (C=O) groups is 1. The van der Waals surface area contributed by atoms with Crippen molar-refractivity contribution in [2.24, 2.45) is 5.92 Å². The molecule has 3 rings (SSSR count). The van der Waals surface area contributed by atoms with Crippen molar-refractivity contribution in [1.29, 1.82) is 0 Å². The number of aryl methyl sites for hydroxylation is 1. The summed E-state index contributed by atoms with van der Waals surface area (Å²) in [7, 11) is 0. The van der Waals surface area contributed by atoms with Gasteiger partial charge in [0, 0.05) is 12.1 Å². The highest BCUT2D eigenvalue weighted by atomic mass is 16.5. The van der Waals surface area contributed by atoms with Gasteiger partial charge in [-0.15, -0.1) is 0 Å². The van der Waals surface area contributed by atoms with Gasteiger partial charge in [0.1, 0.15) is 12.4 Å². The van der Waals surface area contributed by atoms with Gasteiger partial charge in [0.05, 0.1) is 18.3 Å². The van der Waals surface area contributed by atoms with Crippen molar-refractivity contribution in [2.75, 3.05) is 13.2 Å². The van der Waals surface area contributed by atoms with E-state index in [1.807, 2.05) is 32.0 Å². The number of ether oxygens (including phenoxy) is 1. The van der Waals surface area contributed by atoms with E-state index < -0.39 is 6.10 Å². The first kappa shape index (κ1) is 16.5. The SMILES string of the molecule is Cc1ncoc1C(=O)N1CCOc2ccc(C(O)C(C)C)cc2C1. The van der Waals surface area contributed by atoms with Gasteiger partial charge in [-0.25, -0.2) is 4.98 Å². The lowest BCUT2D eigenvalue weighted by Gasteiger charge is -2.20. The number of rotatable bonds is 3. The third-order valence-electron chi connectivity index (χ3n) is 4.26. The number of aliphatic hydroxyl groups is 1. The Morgan fingerprint density at radius 2 is 2.17 bits per heavy atom. The second kappa shape index (κ2) is 6.65. The van der Waals surface area contributed by atoms with Crippen LogP contribution < -0.4 is 4.74 Å². The molecule has 2 heterocycles. The molecule has 0 saturated heterocycles. The normalized spacial score (nSPS) is 15.6. The molecule has 6 nitrogen and oxygen atoms in total. The molecule has 0 spiro atoms. The summed E-state index contributed by atoms with van der Waals surface area (Å²) in [5, 5.41) is 10.3. The number of hydrogen-bond acceptors (Lipinski definition) is 5. The summed E-state index contributed by atoms with van der Waals surface area (Å²) >= 11 is 0. The van der Waals surface area contributed by atoms with Crippen molar-refractivity contribution >= 4 is 5.91 Å². The van der Waals surface area contributed by atoms with Crippen LogP contribution in [0, 0.1) is 12.8 Å². The Balaban J connectivity index is 1.87. The molecule has 6 heteroatoms. The minimum absolute atomic E-state index is 0.115. The van der Waals surface area contributed by atoms with E-state index in [4.69, 9.17) is 9.15 Å². The topological polar surface area (TPSA) is 75.8 Å². The number of fused-ring (bicyclic) bond motifs is 1. The fraction of sp³-hybridized carbons (Fsp3) is 0.444. The molecule has 0 saturated carbocycles. The summed E-state index contributed by atoms with van der Waals surface area (Å²) in [6.45, 7) is 6.97. The van der Waals surface area contributed by atoms with Crippen molar-refractivity contribution in [3.63, 3.8) is 0 Å². The minimum Gasteiger partial charge on any atom is -0.491 e. The Labute approximate surface area is 141 Å². The van der Waals surface area contributed by atoms with Gasteiger partial charge in [-0.3, -0.25) is 4.79 Å². The Bertz CT molecular complexity index is 738. The second-order valence-electron chi connectivity index (χ2n) is 6.40. The molecule has 128 valence electrons. The number of benzene rings is 1. The second-order valence-corrected chi connectivity index (χ2v) is 6.40. The monoisotopic (exact) mass is 330 g/mol. The molecule has 0 radical (unpaired) electrons. The van der Waals surface area contributed by atoms with Crippen LogP contribution in [0.15, 0.2) is 29.0 Å². The van der Waals surface area contributed by atoms with Crippen LogP contribution in [0.5, 0.6) is 5.75 Å². The van der Waals surface area contributed by atoms with Crippen LogP contribution in [-0.2, 0) is 6.54 Å². The van der Waals surface area contributed by atoms with Crippen LogP contribution >= 0.6 is 0 Å². The fourth-order valence-electron chi connectivity index (χ4n) is 2.81. The van der Waals surface area contributed by atoms with Crippen LogP contribution in [0.3, 0.4) is 0 Å². The van der Waals surface area contributed by atoms with Gasteiger partial charge < -0.3 is 19.2 Å². The average molecular weight is 330 g/mol. The lowest BCUT2D eigenvalue weighted by atomic mass is 9.97. The van der Waals surface area contributed by atoms with Crippen molar-refractivity contribution < 1.29 is 19.1 Å². The summed E-state index contributed by atoms with van der Waals surface area (Å²) in [5.74, 6) is 0.928. The Kier molecular flexibility index (Phi) is 4.57. The molecule has 1 amide bonds. The smallest absolute Gasteiger partial charge is 0.291 e. The van der Waals surface area contributed by atoms with E-state index in [9.17, 15) is 9.90 Å². The number of aliphatic hydroxyl groups excluding tert-OH is 1. The molecule has 1 aromatic carbocycles. The van der Waals surface area contributed by atoms with Crippen molar-refractivity contribution in [3.8, 4) is 5.75 Å². The maximum Gasteiger partial charge on any atom is 0.291 e. The molecule has 1 N–H and O–H groups in total. The highest BCUT2D eigenvalue weighted by molar-refractivity contribution is 5.92. The molecule has 24 heavy (non-hydrogen) atoms. The van der Waals surface area contributed by atoms with Crippen LogP contribution in [0.1, 0.15) is 47.3 Å². The number of nitrogens with zero attached hydrogens (tertiary/aromatic N) is 2. The largest absolute Gasteiger partial charge is 0.491 e. The lowest BCUT2D eigenvalue weighted by Crippen LogP contribution is -2.32. The van der Waals surface area contributed by atoms with Crippen molar-refractivity contribution in [2.45, 2.75) is 33.4 Å². The first-order chi connectivity index (χ1) is 11.5. The molecule has 0 bridgehead atoms. The van der Waals surface area contributed by atoms with Crippen molar-refractivity contribution in [1.82, 2.24) is 9.88 Å².